The van der Waals surface area contributed by atoms with Crippen molar-refractivity contribution < 1.29 is 28.9 Å². The van der Waals surface area contributed by atoms with E-state index in [1.807, 2.05) is 13.8 Å². The van der Waals surface area contributed by atoms with E-state index in [9.17, 15) is 9.59 Å². The van der Waals surface area contributed by atoms with Crippen molar-refractivity contribution in [2.24, 2.45) is 5.10 Å². The number of hydrogen-bond donors (Lipinski definition) is 2. The first kappa shape index (κ1) is 26.8. The molecule has 3 aromatic carbocycles. The Labute approximate surface area is 218 Å². The third-order valence-corrected chi connectivity index (χ3v) is 5.35. The van der Waals surface area contributed by atoms with E-state index in [1.165, 1.54) is 18.3 Å². The quantitative estimate of drug-likeness (QED) is 0.238. The number of hydrazone groups is 1. The van der Waals surface area contributed by atoms with E-state index in [0.717, 1.165) is 5.56 Å². The molecule has 8 nitrogen and oxygen atoms in total. The van der Waals surface area contributed by atoms with E-state index in [2.05, 4.69) is 10.5 Å². The Kier molecular flexibility index (Phi) is 9.55. The minimum atomic E-state index is -1.00. The van der Waals surface area contributed by atoms with Gasteiger partial charge in [-0.15, -0.1) is 0 Å². The zero-order valence-corrected chi connectivity index (χ0v) is 21.1. The van der Waals surface area contributed by atoms with Crippen LogP contribution in [0.3, 0.4) is 0 Å². The van der Waals surface area contributed by atoms with E-state index >= 15 is 0 Å². The summed E-state index contributed by atoms with van der Waals surface area (Å²) in [5.74, 6) is -0.121. The third-order valence-electron chi connectivity index (χ3n) is 4.79. The van der Waals surface area contributed by atoms with Crippen LogP contribution in [0.1, 0.15) is 45.7 Å². The summed E-state index contributed by atoms with van der Waals surface area (Å²) < 4.78 is 16.8. The Morgan fingerprint density at radius 2 is 1.50 bits per heavy atom. The average molecular weight is 531 g/mol. The Bertz CT molecular complexity index is 1240. The largest absolute Gasteiger partial charge is 0.490 e. The molecule has 0 radical (unpaired) electrons. The zero-order valence-electron chi connectivity index (χ0n) is 19.6. The summed E-state index contributed by atoms with van der Waals surface area (Å²) in [6.07, 6.45) is 1.40. The second-order valence-electron chi connectivity index (χ2n) is 7.33. The lowest BCUT2D eigenvalue weighted by Gasteiger charge is -2.12. The van der Waals surface area contributed by atoms with Gasteiger partial charge in [0.2, 0.25) is 0 Å². The van der Waals surface area contributed by atoms with Crippen molar-refractivity contribution >= 4 is 41.3 Å². The third kappa shape index (κ3) is 7.13. The van der Waals surface area contributed by atoms with Crippen LogP contribution >= 0.6 is 23.2 Å². The van der Waals surface area contributed by atoms with Crippen LogP contribution in [0.25, 0.3) is 0 Å². The lowest BCUT2D eigenvalue weighted by atomic mass is 10.1. The van der Waals surface area contributed by atoms with Crippen molar-refractivity contribution in [3.8, 4) is 17.2 Å². The topological polar surface area (TPSA) is 106 Å². The standard InChI is InChI=1S/C26H24Cl2N2O6/c1-3-34-22-10-9-19(13-23(22)35-4-2)25(31)30-29-14-17-11-20(27)24(21(28)12-17)36-15-16-5-7-18(8-6-16)26(32)33/h5-14H,3-4,15H2,1-2H3,(H,30,31)(H,32,33)/b29-14+. The number of rotatable bonds is 11. The molecule has 0 aliphatic rings. The summed E-state index contributed by atoms with van der Waals surface area (Å²) in [5, 5.41) is 13.5. The SMILES string of the molecule is CCOc1ccc(C(=O)N/N=C/c2cc(Cl)c(OCc3ccc(C(=O)O)cc3)c(Cl)c2)cc1OCC. The molecule has 0 unspecified atom stereocenters. The van der Waals surface area contributed by atoms with E-state index < -0.39 is 11.9 Å². The Balaban J connectivity index is 1.63. The number of nitrogens with zero attached hydrogens (tertiary/aromatic N) is 1. The second-order valence-corrected chi connectivity index (χ2v) is 8.15. The Morgan fingerprint density at radius 3 is 2.11 bits per heavy atom. The molecule has 0 heterocycles. The molecule has 1 amide bonds. The summed E-state index contributed by atoms with van der Waals surface area (Å²) in [6.45, 7) is 4.77. The monoisotopic (exact) mass is 530 g/mol. The number of carboxylic acids is 1. The van der Waals surface area contributed by atoms with Crippen molar-refractivity contribution in [1.29, 1.82) is 0 Å². The van der Waals surface area contributed by atoms with Crippen LogP contribution in [0.2, 0.25) is 10.0 Å². The molecule has 3 aromatic rings. The summed E-state index contributed by atoms with van der Waals surface area (Å²) in [6, 6.07) is 14.3. The van der Waals surface area contributed by atoms with Crippen LogP contribution in [0, 0.1) is 0 Å². The Hall–Kier alpha value is -3.75. The van der Waals surface area contributed by atoms with Gasteiger partial charge in [0, 0.05) is 5.56 Å². The molecule has 0 aliphatic carbocycles. The first-order chi connectivity index (χ1) is 17.3. The van der Waals surface area contributed by atoms with Gasteiger partial charge in [0.1, 0.15) is 6.61 Å². The number of aromatic carboxylic acids is 1. The number of ether oxygens (including phenoxy) is 3. The highest BCUT2D eigenvalue weighted by atomic mass is 35.5. The van der Waals surface area contributed by atoms with Crippen molar-refractivity contribution in [3.05, 3.63) is 86.9 Å². The number of amides is 1. The fraction of sp³-hybridized carbons (Fsp3) is 0.192. The molecular weight excluding hydrogens is 507 g/mol. The smallest absolute Gasteiger partial charge is 0.335 e. The van der Waals surface area contributed by atoms with Crippen molar-refractivity contribution in [2.75, 3.05) is 13.2 Å². The van der Waals surface area contributed by atoms with Crippen molar-refractivity contribution in [3.63, 3.8) is 0 Å². The summed E-state index contributed by atoms with van der Waals surface area (Å²) in [7, 11) is 0. The van der Waals surface area contributed by atoms with Crippen molar-refractivity contribution in [1.82, 2.24) is 5.43 Å². The maximum absolute atomic E-state index is 12.5. The maximum atomic E-state index is 12.5. The number of carbonyl (C=O) groups excluding carboxylic acids is 1. The Morgan fingerprint density at radius 1 is 0.889 bits per heavy atom. The first-order valence-corrected chi connectivity index (χ1v) is 11.7. The van der Waals surface area contributed by atoms with Crippen LogP contribution in [-0.4, -0.2) is 36.4 Å². The average Bonchev–Trinajstić information content (AvgIpc) is 2.85. The number of carboxylic acid groups (broad SMARTS) is 1. The van der Waals surface area contributed by atoms with Gasteiger partial charge in [-0.05, 0) is 67.4 Å². The van der Waals surface area contributed by atoms with E-state index in [-0.39, 0.29) is 28.0 Å². The van der Waals surface area contributed by atoms with E-state index in [0.29, 0.717) is 35.8 Å². The predicted octanol–water partition coefficient (Wildman–Crippen LogP) is 5.83. The minimum Gasteiger partial charge on any atom is -0.490 e. The summed E-state index contributed by atoms with van der Waals surface area (Å²) in [5.41, 5.74) is 4.29. The van der Waals surface area contributed by atoms with Crippen LogP contribution in [0.4, 0.5) is 0 Å². The van der Waals surface area contributed by atoms with Crippen LogP contribution in [0.15, 0.2) is 59.7 Å². The predicted molar refractivity (Wildman–Crippen MR) is 138 cm³/mol. The molecule has 10 heteroatoms. The van der Waals surface area contributed by atoms with Gasteiger partial charge in [-0.25, -0.2) is 10.2 Å². The summed E-state index contributed by atoms with van der Waals surface area (Å²) >= 11 is 12.7. The molecule has 3 rings (SSSR count). The van der Waals surface area contributed by atoms with Crippen LogP contribution in [-0.2, 0) is 6.61 Å². The highest BCUT2D eigenvalue weighted by Gasteiger charge is 2.12. The molecule has 0 bridgehead atoms. The molecule has 0 atom stereocenters. The number of carbonyl (C=O) groups is 2. The normalized spacial score (nSPS) is 10.8. The van der Waals surface area contributed by atoms with Gasteiger partial charge >= 0.3 is 5.97 Å². The number of hydrogen-bond acceptors (Lipinski definition) is 6. The highest BCUT2D eigenvalue weighted by Crippen LogP contribution is 2.34. The van der Waals surface area contributed by atoms with Gasteiger partial charge in [-0.2, -0.15) is 5.10 Å². The molecule has 2 N–H and O–H groups in total. The zero-order chi connectivity index (χ0) is 26.1. The number of nitrogens with one attached hydrogen (secondary N) is 1. The fourth-order valence-electron chi connectivity index (χ4n) is 3.11. The van der Waals surface area contributed by atoms with Crippen molar-refractivity contribution in [2.45, 2.75) is 20.5 Å². The molecule has 0 fully saturated rings. The van der Waals surface area contributed by atoms with Gasteiger partial charge in [0.05, 0.1) is 35.0 Å². The second kappa shape index (κ2) is 12.8. The maximum Gasteiger partial charge on any atom is 0.335 e. The number of halogens is 2. The molecule has 0 aromatic heterocycles. The van der Waals surface area contributed by atoms with Crippen LogP contribution in [0.5, 0.6) is 17.2 Å². The van der Waals surface area contributed by atoms with E-state index in [1.54, 1.807) is 42.5 Å². The lowest BCUT2D eigenvalue weighted by Crippen LogP contribution is -2.17. The molecular formula is C26H24Cl2N2O6. The molecule has 0 aliphatic heterocycles. The number of benzene rings is 3. The molecule has 36 heavy (non-hydrogen) atoms. The lowest BCUT2D eigenvalue weighted by molar-refractivity contribution is 0.0696. The van der Waals surface area contributed by atoms with Gasteiger partial charge in [-0.3, -0.25) is 4.79 Å². The highest BCUT2D eigenvalue weighted by molar-refractivity contribution is 6.37. The fourth-order valence-corrected chi connectivity index (χ4v) is 3.73. The van der Waals surface area contributed by atoms with Gasteiger partial charge in [0.15, 0.2) is 17.2 Å². The minimum absolute atomic E-state index is 0.147. The molecule has 0 saturated heterocycles. The first-order valence-electron chi connectivity index (χ1n) is 11.0. The van der Waals surface area contributed by atoms with E-state index in [4.69, 9.17) is 42.5 Å². The molecule has 0 spiro atoms. The van der Waals surface area contributed by atoms with Gasteiger partial charge < -0.3 is 19.3 Å². The summed E-state index contributed by atoms with van der Waals surface area (Å²) in [4.78, 5) is 23.5. The molecule has 188 valence electrons. The van der Waals surface area contributed by atoms with Crippen LogP contribution < -0.4 is 19.6 Å². The van der Waals surface area contributed by atoms with Gasteiger partial charge in [-0.1, -0.05) is 35.3 Å². The van der Waals surface area contributed by atoms with Gasteiger partial charge in [0.25, 0.3) is 5.91 Å². The molecule has 0 saturated carbocycles.